The number of nitrogens with one attached hydrogen (secondary N) is 1. The molecule has 1 aliphatic heterocycles. The van der Waals surface area contributed by atoms with Gasteiger partial charge in [0.1, 0.15) is 0 Å². The molecule has 1 heterocycles. The van der Waals surface area contributed by atoms with E-state index in [0.29, 0.717) is 0 Å². The molecule has 0 spiro atoms. The van der Waals surface area contributed by atoms with Crippen LogP contribution in [0.15, 0.2) is 36.6 Å². The Hall–Kier alpha value is -1.15. The van der Waals surface area contributed by atoms with Gasteiger partial charge < -0.3 is 10.1 Å². The molecule has 0 saturated carbocycles. The highest BCUT2D eigenvalue weighted by Crippen LogP contribution is 2.36. The Kier molecular flexibility index (Phi) is 3.09. The summed E-state index contributed by atoms with van der Waals surface area (Å²) in [5.41, 5.74) is 0.793. The third kappa shape index (κ3) is 3.16. The quantitative estimate of drug-likeness (QED) is 0.840. The van der Waals surface area contributed by atoms with Crippen molar-refractivity contribution in [1.29, 1.82) is 0 Å². The number of hydrogen-bond acceptors (Lipinski definition) is 2. The second kappa shape index (κ2) is 4.26. The highest BCUT2D eigenvalue weighted by atomic mass is 35.5. The molecule has 0 bridgehead atoms. The van der Waals surface area contributed by atoms with Crippen LogP contribution >= 0.6 is 11.6 Å². The molecule has 0 saturated heterocycles. The molecule has 2 rings (SSSR count). The van der Waals surface area contributed by atoms with Crippen molar-refractivity contribution in [2.24, 2.45) is 5.41 Å². The topological polar surface area (TPSA) is 21.3 Å². The maximum absolute atomic E-state index is 5.86. The average Bonchev–Trinajstić information content (AvgIpc) is 2.19. The Balaban J connectivity index is 2.13. The van der Waals surface area contributed by atoms with E-state index >= 15 is 0 Å². The Morgan fingerprint density at radius 1 is 1.18 bits per heavy atom. The molecule has 3 heteroatoms. The lowest BCUT2D eigenvalue weighted by molar-refractivity contribution is 0.0151. The summed E-state index contributed by atoms with van der Waals surface area (Å²) in [5.74, 6) is 0. The number of ether oxygens (including phenoxy) is 1. The van der Waals surface area contributed by atoms with Crippen LogP contribution < -0.4 is 5.32 Å². The average molecular weight is 252 g/mol. The molecule has 92 valence electrons. The molecule has 1 N–H and O–H groups in total. The van der Waals surface area contributed by atoms with Crippen molar-refractivity contribution < 1.29 is 4.74 Å². The van der Waals surface area contributed by atoms with Gasteiger partial charge in [-0.3, -0.25) is 0 Å². The van der Waals surface area contributed by atoms with Crippen LogP contribution in [-0.2, 0) is 4.74 Å². The molecule has 2 nitrogen and oxygen atoms in total. The number of allylic oxidation sites excluding steroid dienone is 1. The van der Waals surface area contributed by atoms with Crippen LogP contribution in [0.3, 0.4) is 0 Å². The Labute approximate surface area is 108 Å². The first-order valence-electron chi connectivity index (χ1n) is 5.78. The molecule has 0 aliphatic carbocycles. The second-order valence-corrected chi connectivity index (χ2v) is 5.89. The predicted octanol–water partition coefficient (Wildman–Crippen LogP) is 4.43. The van der Waals surface area contributed by atoms with E-state index in [9.17, 15) is 0 Å². The largest absolute Gasteiger partial charge is 0.476 e. The van der Waals surface area contributed by atoms with E-state index in [4.69, 9.17) is 16.3 Å². The van der Waals surface area contributed by atoms with Crippen molar-refractivity contribution >= 4 is 17.3 Å². The molecule has 1 unspecified atom stereocenters. The molecular formula is C14H18ClNO. The maximum Gasteiger partial charge on any atom is 0.177 e. The highest BCUT2D eigenvalue weighted by molar-refractivity contribution is 6.30. The first-order valence-corrected chi connectivity index (χ1v) is 6.16. The third-order valence-electron chi connectivity index (χ3n) is 2.89. The molecule has 1 aromatic rings. The molecule has 1 atom stereocenters. The summed E-state index contributed by atoms with van der Waals surface area (Å²) >= 11 is 5.86. The van der Waals surface area contributed by atoms with Gasteiger partial charge in [-0.25, -0.2) is 0 Å². The number of hydrogen-bond donors (Lipinski definition) is 1. The minimum Gasteiger partial charge on any atom is -0.476 e. The third-order valence-corrected chi connectivity index (χ3v) is 3.15. The fourth-order valence-electron chi connectivity index (χ4n) is 2.25. The molecule has 0 radical (unpaired) electrons. The Morgan fingerprint density at radius 2 is 1.82 bits per heavy atom. The van der Waals surface area contributed by atoms with Crippen LogP contribution in [0.2, 0.25) is 5.02 Å². The smallest absolute Gasteiger partial charge is 0.177 e. The fraction of sp³-hybridized carbons (Fsp3) is 0.429. The minimum atomic E-state index is -0.369. The van der Waals surface area contributed by atoms with E-state index in [-0.39, 0.29) is 11.1 Å². The van der Waals surface area contributed by atoms with Gasteiger partial charge in [0, 0.05) is 17.1 Å². The zero-order chi connectivity index (χ0) is 12.5. The summed E-state index contributed by atoms with van der Waals surface area (Å²) in [6.07, 6.45) is 4.80. The van der Waals surface area contributed by atoms with E-state index in [1.807, 2.05) is 24.3 Å². The lowest BCUT2D eigenvalue weighted by Crippen LogP contribution is -2.42. The van der Waals surface area contributed by atoms with E-state index < -0.39 is 0 Å². The zero-order valence-corrected chi connectivity index (χ0v) is 11.2. The van der Waals surface area contributed by atoms with Crippen LogP contribution in [0, 0.1) is 5.41 Å². The van der Waals surface area contributed by atoms with Gasteiger partial charge in [0.25, 0.3) is 0 Å². The molecule has 0 aromatic heterocycles. The predicted molar refractivity (Wildman–Crippen MR) is 72.1 cm³/mol. The van der Waals surface area contributed by atoms with Gasteiger partial charge in [0.05, 0.1) is 6.26 Å². The van der Waals surface area contributed by atoms with Gasteiger partial charge in [-0.05, 0) is 42.7 Å². The first-order chi connectivity index (χ1) is 7.89. The molecule has 1 aromatic carbocycles. The second-order valence-electron chi connectivity index (χ2n) is 5.45. The summed E-state index contributed by atoms with van der Waals surface area (Å²) in [6.45, 7) is 6.47. The van der Waals surface area contributed by atoms with Crippen LogP contribution in [0.1, 0.15) is 27.2 Å². The Bertz CT molecular complexity index is 424. The van der Waals surface area contributed by atoms with Crippen molar-refractivity contribution in [3.05, 3.63) is 41.6 Å². The van der Waals surface area contributed by atoms with Gasteiger partial charge in [-0.15, -0.1) is 0 Å². The minimum absolute atomic E-state index is 0.145. The van der Waals surface area contributed by atoms with E-state index in [2.05, 4.69) is 32.2 Å². The fourth-order valence-corrected chi connectivity index (χ4v) is 2.38. The van der Waals surface area contributed by atoms with E-state index in [1.165, 1.54) is 0 Å². The standard InChI is InChI=1S/C14H18ClNO/c1-13(2)8-9-17-14(3,10-13)16-12-6-4-11(15)5-7-12/h4-9,16H,10H2,1-3H3. The van der Waals surface area contributed by atoms with Crippen LogP contribution in [0.4, 0.5) is 5.69 Å². The summed E-state index contributed by atoms with van der Waals surface area (Å²) in [6, 6.07) is 7.67. The summed E-state index contributed by atoms with van der Waals surface area (Å²) in [7, 11) is 0. The van der Waals surface area contributed by atoms with Crippen LogP contribution in [0.25, 0.3) is 0 Å². The van der Waals surface area contributed by atoms with Crippen molar-refractivity contribution in [1.82, 2.24) is 0 Å². The Morgan fingerprint density at radius 3 is 2.41 bits per heavy atom. The summed E-state index contributed by atoms with van der Waals surface area (Å²) in [5, 5.41) is 4.15. The van der Waals surface area contributed by atoms with Crippen LogP contribution in [-0.4, -0.2) is 5.72 Å². The van der Waals surface area contributed by atoms with Gasteiger partial charge >= 0.3 is 0 Å². The van der Waals surface area contributed by atoms with Gasteiger partial charge in [0.2, 0.25) is 0 Å². The SMILES string of the molecule is CC1(C)C=COC(C)(Nc2ccc(Cl)cc2)C1. The summed E-state index contributed by atoms with van der Waals surface area (Å²) in [4.78, 5) is 0. The number of halogens is 1. The normalized spacial score (nSPS) is 26.4. The number of rotatable bonds is 2. The molecule has 0 fully saturated rings. The van der Waals surface area contributed by atoms with Gasteiger partial charge in [-0.2, -0.15) is 0 Å². The van der Waals surface area contributed by atoms with E-state index in [1.54, 1.807) is 6.26 Å². The molecular weight excluding hydrogens is 234 g/mol. The van der Waals surface area contributed by atoms with Crippen LogP contribution in [0.5, 0.6) is 0 Å². The number of anilines is 1. The van der Waals surface area contributed by atoms with Crippen molar-refractivity contribution in [3.8, 4) is 0 Å². The van der Waals surface area contributed by atoms with Gasteiger partial charge in [0.15, 0.2) is 5.72 Å². The van der Waals surface area contributed by atoms with E-state index in [0.717, 1.165) is 17.1 Å². The zero-order valence-electron chi connectivity index (χ0n) is 10.5. The first kappa shape index (κ1) is 12.3. The van der Waals surface area contributed by atoms with Crippen molar-refractivity contribution in [2.75, 3.05) is 5.32 Å². The monoisotopic (exact) mass is 251 g/mol. The van der Waals surface area contributed by atoms with Crippen molar-refractivity contribution in [2.45, 2.75) is 32.9 Å². The lowest BCUT2D eigenvalue weighted by atomic mass is 9.83. The summed E-state index contributed by atoms with van der Waals surface area (Å²) < 4.78 is 5.71. The number of benzene rings is 1. The molecule has 0 amide bonds. The van der Waals surface area contributed by atoms with Gasteiger partial charge in [-0.1, -0.05) is 25.4 Å². The molecule has 1 aliphatic rings. The lowest BCUT2D eigenvalue weighted by Gasteiger charge is -2.40. The molecule has 17 heavy (non-hydrogen) atoms. The maximum atomic E-state index is 5.86. The highest BCUT2D eigenvalue weighted by Gasteiger charge is 2.35. The van der Waals surface area contributed by atoms with Crippen molar-refractivity contribution in [3.63, 3.8) is 0 Å².